The Kier molecular flexibility index (Phi) is 6.01. The van der Waals surface area contributed by atoms with Gasteiger partial charge in [-0.2, -0.15) is 0 Å². The molecule has 0 aliphatic carbocycles. The van der Waals surface area contributed by atoms with Crippen LogP contribution in [0.3, 0.4) is 0 Å². The van der Waals surface area contributed by atoms with E-state index in [0.717, 1.165) is 49.4 Å². The zero-order valence-electron chi connectivity index (χ0n) is 14.8. The van der Waals surface area contributed by atoms with Gasteiger partial charge in [0.05, 0.1) is 12.6 Å². The number of benzene rings is 1. The Hall–Kier alpha value is -2.67. The third kappa shape index (κ3) is 4.49. The molecule has 26 heavy (non-hydrogen) atoms. The lowest BCUT2D eigenvalue weighted by Crippen LogP contribution is -2.42. The van der Waals surface area contributed by atoms with Gasteiger partial charge in [0.25, 0.3) is 0 Å². The lowest BCUT2D eigenvalue weighted by Gasteiger charge is -2.35. The smallest absolute Gasteiger partial charge is 0.248 e. The highest BCUT2D eigenvalue weighted by Gasteiger charge is 2.23. The van der Waals surface area contributed by atoms with Gasteiger partial charge < -0.3 is 21.1 Å². The molecule has 1 unspecified atom stereocenters. The second-order valence-corrected chi connectivity index (χ2v) is 6.53. The number of nitrogens with two attached hydrogens (primary N) is 1. The summed E-state index contributed by atoms with van der Waals surface area (Å²) in [6.07, 6.45) is 5.54. The number of primary amides is 1. The highest BCUT2D eigenvalue weighted by atomic mass is 16.3. The van der Waals surface area contributed by atoms with Gasteiger partial charge in [-0.25, -0.2) is 9.97 Å². The predicted molar refractivity (Wildman–Crippen MR) is 101 cm³/mol. The zero-order chi connectivity index (χ0) is 18.4. The number of amides is 1. The Morgan fingerprint density at radius 1 is 1.31 bits per heavy atom. The molecule has 0 spiro atoms. The molecule has 1 fully saturated rings. The molecular weight excluding hydrogens is 330 g/mol. The topological polar surface area (TPSA) is 104 Å². The van der Waals surface area contributed by atoms with Crippen molar-refractivity contribution >= 4 is 17.5 Å². The molecule has 2 aromatic rings. The van der Waals surface area contributed by atoms with Gasteiger partial charge in [0.2, 0.25) is 5.91 Å². The summed E-state index contributed by atoms with van der Waals surface area (Å²) in [6, 6.07) is 9.39. The second kappa shape index (κ2) is 8.62. The SMILES string of the molecule is NC(=O)c1cccc(CCNc2cc(N3CCCCC3CO)ncn2)c1. The van der Waals surface area contributed by atoms with Crippen molar-refractivity contribution in [3.05, 3.63) is 47.8 Å². The van der Waals surface area contributed by atoms with Crippen LogP contribution in [0.5, 0.6) is 0 Å². The average molecular weight is 355 g/mol. The summed E-state index contributed by atoms with van der Waals surface area (Å²) in [4.78, 5) is 22.1. The first-order valence-electron chi connectivity index (χ1n) is 8.99. The standard InChI is InChI=1S/C19H25N5O2/c20-19(26)15-5-3-4-14(10-15)7-8-21-17-11-18(23-13-22-17)24-9-2-1-6-16(24)12-25/h3-5,10-11,13,16,25H,1-2,6-9,12H2,(H2,20,26)(H,21,22,23). The van der Waals surface area contributed by atoms with Crippen LogP contribution in [0.4, 0.5) is 11.6 Å². The van der Waals surface area contributed by atoms with E-state index < -0.39 is 5.91 Å². The van der Waals surface area contributed by atoms with Gasteiger partial charge in [-0.15, -0.1) is 0 Å². The number of hydrogen-bond donors (Lipinski definition) is 3. The molecule has 3 rings (SSSR count). The van der Waals surface area contributed by atoms with Gasteiger partial charge in [-0.3, -0.25) is 4.79 Å². The normalized spacial score (nSPS) is 17.1. The van der Waals surface area contributed by atoms with Crippen LogP contribution in [0.25, 0.3) is 0 Å². The number of nitrogens with one attached hydrogen (secondary N) is 1. The number of rotatable bonds is 7. The first-order valence-corrected chi connectivity index (χ1v) is 8.99. The summed E-state index contributed by atoms with van der Waals surface area (Å²) in [7, 11) is 0. The van der Waals surface area contributed by atoms with Gasteiger partial charge >= 0.3 is 0 Å². The summed E-state index contributed by atoms with van der Waals surface area (Å²) in [5.41, 5.74) is 6.88. The van der Waals surface area contributed by atoms with Crippen LogP contribution in [0, 0.1) is 0 Å². The lowest BCUT2D eigenvalue weighted by molar-refractivity contribution is 0.1000. The van der Waals surface area contributed by atoms with Crippen LogP contribution in [0.2, 0.25) is 0 Å². The number of aliphatic hydroxyl groups is 1. The minimum absolute atomic E-state index is 0.128. The molecule has 0 radical (unpaired) electrons. The fourth-order valence-corrected chi connectivity index (χ4v) is 3.31. The zero-order valence-corrected chi connectivity index (χ0v) is 14.8. The number of carbonyl (C=O) groups excluding carboxylic acids is 1. The lowest BCUT2D eigenvalue weighted by atomic mass is 10.0. The molecule has 1 amide bonds. The van der Waals surface area contributed by atoms with E-state index in [1.54, 1.807) is 12.4 Å². The fourth-order valence-electron chi connectivity index (χ4n) is 3.31. The molecule has 138 valence electrons. The number of hydrogen-bond acceptors (Lipinski definition) is 6. The molecule has 1 aliphatic heterocycles. The number of aliphatic hydroxyl groups excluding tert-OH is 1. The quantitative estimate of drug-likeness (QED) is 0.697. The van der Waals surface area contributed by atoms with E-state index in [9.17, 15) is 9.90 Å². The number of anilines is 2. The molecule has 4 N–H and O–H groups in total. The van der Waals surface area contributed by atoms with E-state index in [2.05, 4.69) is 20.2 Å². The minimum Gasteiger partial charge on any atom is -0.394 e. The van der Waals surface area contributed by atoms with Gasteiger partial charge in [-0.05, 0) is 43.4 Å². The molecule has 1 aliphatic rings. The molecule has 7 nitrogen and oxygen atoms in total. The van der Waals surface area contributed by atoms with Crippen molar-refractivity contribution in [2.75, 3.05) is 29.9 Å². The van der Waals surface area contributed by atoms with Crippen molar-refractivity contribution in [2.24, 2.45) is 5.73 Å². The Morgan fingerprint density at radius 2 is 2.19 bits per heavy atom. The summed E-state index contributed by atoms with van der Waals surface area (Å²) in [6.45, 7) is 1.73. The van der Waals surface area contributed by atoms with Crippen molar-refractivity contribution in [1.29, 1.82) is 0 Å². The van der Waals surface area contributed by atoms with Crippen molar-refractivity contribution < 1.29 is 9.90 Å². The van der Waals surface area contributed by atoms with Crippen molar-refractivity contribution in [3.63, 3.8) is 0 Å². The maximum Gasteiger partial charge on any atom is 0.248 e. The van der Waals surface area contributed by atoms with Crippen molar-refractivity contribution in [2.45, 2.75) is 31.7 Å². The predicted octanol–water partition coefficient (Wildman–Crippen LogP) is 1.58. The highest BCUT2D eigenvalue weighted by molar-refractivity contribution is 5.92. The van der Waals surface area contributed by atoms with Crippen molar-refractivity contribution in [3.8, 4) is 0 Å². The van der Waals surface area contributed by atoms with Gasteiger partial charge in [0, 0.05) is 24.7 Å². The van der Waals surface area contributed by atoms with Crippen molar-refractivity contribution in [1.82, 2.24) is 9.97 Å². The first-order chi connectivity index (χ1) is 12.7. The van der Waals surface area contributed by atoms with Crippen LogP contribution < -0.4 is 16.0 Å². The molecule has 1 atom stereocenters. The highest BCUT2D eigenvalue weighted by Crippen LogP contribution is 2.24. The first kappa shape index (κ1) is 18.1. The Labute approximate surface area is 153 Å². The minimum atomic E-state index is -0.416. The Morgan fingerprint density at radius 3 is 3.00 bits per heavy atom. The van der Waals surface area contributed by atoms with Gasteiger partial charge in [-0.1, -0.05) is 12.1 Å². The van der Waals surface area contributed by atoms with Crippen LogP contribution >= 0.6 is 0 Å². The van der Waals surface area contributed by atoms with E-state index in [4.69, 9.17) is 5.73 Å². The summed E-state index contributed by atoms with van der Waals surface area (Å²) >= 11 is 0. The van der Waals surface area contributed by atoms with E-state index in [1.807, 2.05) is 24.3 Å². The maximum atomic E-state index is 11.3. The second-order valence-electron chi connectivity index (χ2n) is 6.53. The van der Waals surface area contributed by atoms with E-state index >= 15 is 0 Å². The molecular formula is C19H25N5O2. The summed E-state index contributed by atoms with van der Waals surface area (Å²) in [5, 5.41) is 12.9. The molecule has 0 bridgehead atoms. The number of carbonyl (C=O) groups is 1. The monoisotopic (exact) mass is 355 g/mol. The summed E-state index contributed by atoms with van der Waals surface area (Å²) < 4.78 is 0. The van der Waals surface area contributed by atoms with E-state index in [-0.39, 0.29) is 12.6 Å². The maximum absolute atomic E-state index is 11.3. The molecule has 1 aromatic heterocycles. The Balaban J connectivity index is 1.60. The molecule has 1 aromatic carbocycles. The largest absolute Gasteiger partial charge is 0.394 e. The van der Waals surface area contributed by atoms with Gasteiger partial charge in [0.1, 0.15) is 18.0 Å². The molecule has 0 saturated carbocycles. The molecule has 7 heteroatoms. The van der Waals surface area contributed by atoms with Crippen LogP contribution in [-0.2, 0) is 6.42 Å². The fraction of sp³-hybridized carbons (Fsp3) is 0.421. The molecule has 1 saturated heterocycles. The number of aromatic nitrogens is 2. The van der Waals surface area contributed by atoms with Crippen LogP contribution in [0.15, 0.2) is 36.7 Å². The third-order valence-corrected chi connectivity index (χ3v) is 4.72. The van der Waals surface area contributed by atoms with Crippen LogP contribution in [0.1, 0.15) is 35.2 Å². The van der Waals surface area contributed by atoms with Gasteiger partial charge in [0.15, 0.2) is 0 Å². The van der Waals surface area contributed by atoms with E-state index in [0.29, 0.717) is 12.1 Å². The third-order valence-electron chi connectivity index (χ3n) is 4.72. The number of piperidine rings is 1. The molecule has 2 heterocycles. The van der Waals surface area contributed by atoms with E-state index in [1.165, 1.54) is 0 Å². The Bertz CT molecular complexity index is 752. The average Bonchev–Trinajstić information content (AvgIpc) is 2.68. The summed E-state index contributed by atoms with van der Waals surface area (Å²) in [5.74, 6) is 1.18. The number of nitrogens with zero attached hydrogens (tertiary/aromatic N) is 3. The van der Waals surface area contributed by atoms with Crippen LogP contribution in [-0.4, -0.2) is 46.7 Å².